The maximum Gasteiger partial charge on any atom is 0.326 e. The van der Waals surface area contributed by atoms with Crippen molar-refractivity contribution in [2.24, 2.45) is 0 Å². The number of unbranched alkanes of at least 4 members (excludes halogenated alkanes) is 3. The smallest absolute Gasteiger partial charge is 0.326 e. The van der Waals surface area contributed by atoms with Gasteiger partial charge in [-0.15, -0.1) is 0 Å². The van der Waals surface area contributed by atoms with Crippen LogP contribution in [0, 0.1) is 0 Å². The van der Waals surface area contributed by atoms with E-state index >= 15 is 0 Å². The second kappa shape index (κ2) is 12.3. The SMILES string of the molecule is CCCCCP(=O)(OCc1ccccc1)C(CCCC)C(=O)N1CCC[C@H]1C(=O)O. The molecule has 2 unspecified atom stereocenters. The van der Waals surface area contributed by atoms with E-state index in [-0.39, 0.29) is 12.5 Å². The van der Waals surface area contributed by atoms with E-state index in [1.165, 1.54) is 4.90 Å². The molecule has 0 aromatic heterocycles. The summed E-state index contributed by atoms with van der Waals surface area (Å²) in [6.45, 7) is 4.72. The highest BCUT2D eigenvalue weighted by Gasteiger charge is 2.44. The number of amides is 1. The minimum atomic E-state index is -3.30. The summed E-state index contributed by atoms with van der Waals surface area (Å²) >= 11 is 0. The molecule has 6 nitrogen and oxygen atoms in total. The summed E-state index contributed by atoms with van der Waals surface area (Å²) in [5.41, 5.74) is 0.150. The molecule has 1 saturated heterocycles. The molecule has 1 N–H and O–H groups in total. The molecule has 0 radical (unpaired) electrons. The predicted octanol–water partition coefficient (Wildman–Crippen LogP) is 5.31. The summed E-state index contributed by atoms with van der Waals surface area (Å²) in [7, 11) is -3.30. The van der Waals surface area contributed by atoms with Gasteiger partial charge in [-0.3, -0.25) is 9.36 Å². The third-order valence-electron chi connectivity index (χ3n) is 5.78. The van der Waals surface area contributed by atoms with Crippen LogP contribution in [0.5, 0.6) is 0 Å². The molecule has 1 aromatic carbocycles. The standard InChI is InChI=1S/C23H36NO5P/c1-3-5-10-17-30(28,29-18-19-12-8-7-9-13-19)21(15-6-4-2)22(25)24-16-11-14-20(24)23(26)27/h7-9,12-13,20-21H,3-6,10-11,14-18H2,1-2H3,(H,26,27)/t20-,21?,30?/m0/s1. The van der Waals surface area contributed by atoms with Gasteiger partial charge in [-0.05, 0) is 31.2 Å². The number of aliphatic carboxylic acids is 1. The molecule has 0 saturated carbocycles. The molecule has 30 heavy (non-hydrogen) atoms. The fourth-order valence-electron chi connectivity index (χ4n) is 4.02. The molecule has 0 bridgehead atoms. The molecule has 1 amide bonds. The third kappa shape index (κ3) is 6.68. The van der Waals surface area contributed by atoms with Crippen molar-refractivity contribution < 1.29 is 23.8 Å². The van der Waals surface area contributed by atoms with Crippen molar-refractivity contribution in [2.45, 2.75) is 83.5 Å². The molecule has 168 valence electrons. The summed E-state index contributed by atoms with van der Waals surface area (Å²) in [4.78, 5) is 26.5. The number of hydrogen-bond acceptors (Lipinski definition) is 4. The van der Waals surface area contributed by atoms with Gasteiger partial charge < -0.3 is 14.5 Å². The van der Waals surface area contributed by atoms with Crippen LogP contribution in [0.2, 0.25) is 0 Å². The summed E-state index contributed by atoms with van der Waals surface area (Å²) in [5.74, 6) is -1.29. The normalized spacial score (nSPS) is 19.4. The lowest BCUT2D eigenvalue weighted by atomic mass is 10.1. The van der Waals surface area contributed by atoms with Gasteiger partial charge in [-0.25, -0.2) is 4.79 Å². The summed E-state index contributed by atoms with van der Waals surface area (Å²) in [6.07, 6.45) is 6.22. The average Bonchev–Trinajstić information content (AvgIpc) is 3.24. The van der Waals surface area contributed by atoms with E-state index in [2.05, 4.69) is 6.92 Å². The number of likely N-dealkylation sites (tertiary alicyclic amines) is 1. The highest BCUT2D eigenvalue weighted by Crippen LogP contribution is 2.56. The molecule has 1 aliphatic rings. The number of carbonyl (C=O) groups is 2. The number of rotatable bonds is 13. The Hall–Kier alpha value is -1.65. The zero-order valence-corrected chi connectivity index (χ0v) is 19.2. The summed E-state index contributed by atoms with van der Waals surface area (Å²) in [6, 6.07) is 8.74. The van der Waals surface area contributed by atoms with Gasteiger partial charge in [0.05, 0.1) is 6.61 Å². The number of hydrogen-bond donors (Lipinski definition) is 1. The van der Waals surface area contributed by atoms with E-state index < -0.39 is 25.0 Å². The Balaban J connectivity index is 2.27. The number of carbonyl (C=O) groups excluding carboxylic acids is 1. The lowest BCUT2D eigenvalue weighted by Gasteiger charge is -2.32. The van der Waals surface area contributed by atoms with Crippen molar-refractivity contribution in [1.82, 2.24) is 4.90 Å². The van der Waals surface area contributed by atoms with Crippen LogP contribution in [0.15, 0.2) is 30.3 Å². The highest BCUT2D eigenvalue weighted by molar-refractivity contribution is 7.60. The molecule has 1 aromatic rings. The number of carboxylic acids is 1. The minimum Gasteiger partial charge on any atom is -0.480 e. The molecule has 2 rings (SSSR count). The first-order chi connectivity index (χ1) is 14.4. The topological polar surface area (TPSA) is 83.9 Å². The van der Waals surface area contributed by atoms with Gasteiger partial charge in [0.25, 0.3) is 0 Å². The zero-order valence-electron chi connectivity index (χ0n) is 18.3. The van der Waals surface area contributed by atoms with E-state index in [0.717, 1.165) is 37.7 Å². The summed E-state index contributed by atoms with van der Waals surface area (Å²) < 4.78 is 20.2. The first-order valence-corrected chi connectivity index (χ1v) is 13.1. The summed E-state index contributed by atoms with van der Waals surface area (Å²) in [5, 5.41) is 9.52. The maximum absolute atomic E-state index is 14.1. The molecular weight excluding hydrogens is 401 g/mol. The molecule has 1 fully saturated rings. The molecule has 0 spiro atoms. The number of carboxylic acid groups (broad SMARTS) is 1. The van der Waals surface area contributed by atoms with Crippen molar-refractivity contribution in [3.63, 3.8) is 0 Å². The first kappa shape index (κ1) is 24.6. The fraction of sp³-hybridized carbons (Fsp3) is 0.652. The third-order valence-corrected chi connectivity index (χ3v) is 8.71. The Morgan fingerprint density at radius 3 is 2.50 bits per heavy atom. The van der Waals surface area contributed by atoms with Crippen LogP contribution in [0.4, 0.5) is 0 Å². The van der Waals surface area contributed by atoms with E-state index in [0.29, 0.717) is 32.0 Å². The van der Waals surface area contributed by atoms with Crippen molar-refractivity contribution in [2.75, 3.05) is 12.7 Å². The number of benzene rings is 1. The molecule has 1 heterocycles. The molecule has 7 heteroatoms. The second-order valence-corrected chi connectivity index (χ2v) is 10.9. The van der Waals surface area contributed by atoms with Crippen molar-refractivity contribution >= 4 is 19.2 Å². The van der Waals surface area contributed by atoms with Crippen LogP contribution < -0.4 is 0 Å². The second-order valence-electron chi connectivity index (χ2n) is 8.10. The molecule has 3 atom stereocenters. The fourth-order valence-corrected chi connectivity index (χ4v) is 6.73. The lowest BCUT2D eigenvalue weighted by molar-refractivity contribution is -0.148. The van der Waals surface area contributed by atoms with E-state index in [1.807, 2.05) is 37.3 Å². The van der Waals surface area contributed by atoms with Crippen LogP contribution in [0.25, 0.3) is 0 Å². The lowest BCUT2D eigenvalue weighted by Crippen LogP contribution is -2.45. The molecule has 1 aliphatic heterocycles. The van der Waals surface area contributed by atoms with E-state index in [1.54, 1.807) is 0 Å². The van der Waals surface area contributed by atoms with Crippen LogP contribution in [-0.2, 0) is 25.3 Å². The highest BCUT2D eigenvalue weighted by atomic mass is 31.2. The maximum atomic E-state index is 14.1. The van der Waals surface area contributed by atoms with E-state index in [4.69, 9.17) is 4.52 Å². The molecular formula is C23H36NO5P. The van der Waals surface area contributed by atoms with Gasteiger partial charge in [-0.1, -0.05) is 69.9 Å². The van der Waals surface area contributed by atoms with Crippen molar-refractivity contribution in [3.8, 4) is 0 Å². The van der Waals surface area contributed by atoms with Crippen molar-refractivity contribution in [1.29, 1.82) is 0 Å². The molecule has 0 aliphatic carbocycles. The van der Waals surface area contributed by atoms with Gasteiger partial charge in [0.1, 0.15) is 11.7 Å². The average molecular weight is 438 g/mol. The van der Waals surface area contributed by atoms with Gasteiger partial charge in [-0.2, -0.15) is 0 Å². The van der Waals surface area contributed by atoms with Gasteiger partial charge in [0.2, 0.25) is 13.3 Å². The first-order valence-electron chi connectivity index (χ1n) is 11.2. The monoisotopic (exact) mass is 437 g/mol. The van der Waals surface area contributed by atoms with Gasteiger partial charge in [0.15, 0.2) is 0 Å². The minimum absolute atomic E-state index is 0.197. The quantitative estimate of drug-likeness (QED) is 0.334. The van der Waals surface area contributed by atoms with Gasteiger partial charge in [0, 0.05) is 12.7 Å². The van der Waals surface area contributed by atoms with Crippen LogP contribution in [-0.4, -0.2) is 46.3 Å². The van der Waals surface area contributed by atoms with Crippen LogP contribution in [0.3, 0.4) is 0 Å². The van der Waals surface area contributed by atoms with Crippen molar-refractivity contribution in [3.05, 3.63) is 35.9 Å². The van der Waals surface area contributed by atoms with Crippen LogP contribution >= 0.6 is 7.37 Å². The zero-order chi connectivity index (χ0) is 22.0. The largest absolute Gasteiger partial charge is 0.480 e. The Morgan fingerprint density at radius 1 is 1.17 bits per heavy atom. The number of nitrogens with zero attached hydrogens (tertiary/aromatic N) is 1. The Labute approximate surface area is 180 Å². The Kier molecular flexibility index (Phi) is 10.1. The van der Waals surface area contributed by atoms with E-state index in [9.17, 15) is 19.3 Å². The Morgan fingerprint density at radius 2 is 1.87 bits per heavy atom. The van der Waals surface area contributed by atoms with Crippen LogP contribution in [0.1, 0.15) is 70.8 Å². The Bertz CT molecular complexity index is 724. The predicted molar refractivity (Wildman–Crippen MR) is 119 cm³/mol. The van der Waals surface area contributed by atoms with Gasteiger partial charge >= 0.3 is 5.97 Å².